The SMILES string of the molecule is CCC(CC)n1ccc(Cn2cc(N)c(=O)[nH]c2=O)n1. The van der Waals surface area contributed by atoms with Crippen LogP contribution in [0.25, 0.3) is 0 Å². The first-order valence-corrected chi connectivity index (χ1v) is 6.68. The Balaban J connectivity index is 2.25. The van der Waals surface area contributed by atoms with Crippen LogP contribution in [0.1, 0.15) is 38.4 Å². The minimum absolute atomic E-state index is 0.0176. The number of nitrogen functional groups attached to an aromatic ring is 1. The lowest BCUT2D eigenvalue weighted by Gasteiger charge is -2.12. The van der Waals surface area contributed by atoms with Gasteiger partial charge in [0.05, 0.1) is 18.3 Å². The second kappa shape index (κ2) is 5.77. The molecule has 0 amide bonds. The fourth-order valence-electron chi connectivity index (χ4n) is 2.15. The van der Waals surface area contributed by atoms with Gasteiger partial charge in [0.2, 0.25) is 0 Å². The van der Waals surface area contributed by atoms with E-state index in [4.69, 9.17) is 5.73 Å². The zero-order chi connectivity index (χ0) is 14.7. The largest absolute Gasteiger partial charge is 0.393 e. The maximum atomic E-state index is 11.7. The number of nitrogens with two attached hydrogens (primary N) is 1. The molecule has 0 unspecified atom stereocenters. The number of hydrogen-bond donors (Lipinski definition) is 2. The van der Waals surface area contributed by atoms with Crippen LogP contribution in [0.5, 0.6) is 0 Å². The van der Waals surface area contributed by atoms with Crippen molar-refractivity contribution < 1.29 is 0 Å². The molecule has 0 aliphatic rings. The van der Waals surface area contributed by atoms with E-state index in [1.165, 1.54) is 10.8 Å². The van der Waals surface area contributed by atoms with Crippen LogP contribution in [-0.2, 0) is 6.54 Å². The van der Waals surface area contributed by atoms with Crippen LogP contribution in [0.15, 0.2) is 28.0 Å². The summed E-state index contributed by atoms with van der Waals surface area (Å²) in [4.78, 5) is 25.0. The predicted molar refractivity (Wildman–Crippen MR) is 76.7 cm³/mol. The number of nitrogens with one attached hydrogen (secondary N) is 1. The predicted octanol–water partition coefficient (Wildman–Crippen LogP) is 0.725. The van der Waals surface area contributed by atoms with Gasteiger partial charge >= 0.3 is 5.69 Å². The van der Waals surface area contributed by atoms with Crippen molar-refractivity contribution in [1.82, 2.24) is 19.3 Å². The molecule has 0 aliphatic carbocycles. The second-order valence-electron chi connectivity index (χ2n) is 4.73. The van der Waals surface area contributed by atoms with Crippen molar-refractivity contribution in [3.63, 3.8) is 0 Å². The van der Waals surface area contributed by atoms with Gasteiger partial charge in [0.25, 0.3) is 5.56 Å². The van der Waals surface area contributed by atoms with E-state index in [0.717, 1.165) is 18.5 Å². The monoisotopic (exact) mass is 277 g/mol. The molecule has 0 atom stereocenters. The van der Waals surface area contributed by atoms with E-state index in [1.54, 1.807) is 0 Å². The molecule has 20 heavy (non-hydrogen) atoms. The molecule has 0 bridgehead atoms. The van der Waals surface area contributed by atoms with Crippen LogP contribution < -0.4 is 17.0 Å². The van der Waals surface area contributed by atoms with Crippen LogP contribution >= 0.6 is 0 Å². The average molecular weight is 277 g/mol. The van der Waals surface area contributed by atoms with Crippen molar-refractivity contribution >= 4 is 5.69 Å². The summed E-state index contributed by atoms with van der Waals surface area (Å²) in [6.07, 6.45) is 5.26. The normalized spacial score (nSPS) is 11.2. The van der Waals surface area contributed by atoms with Crippen LogP contribution in [-0.4, -0.2) is 19.3 Å². The average Bonchev–Trinajstić information content (AvgIpc) is 2.86. The summed E-state index contributed by atoms with van der Waals surface area (Å²) in [5.41, 5.74) is 5.24. The maximum absolute atomic E-state index is 11.7. The fraction of sp³-hybridized carbons (Fsp3) is 0.462. The molecule has 108 valence electrons. The summed E-state index contributed by atoms with van der Waals surface area (Å²) in [7, 11) is 0. The molecule has 0 saturated heterocycles. The summed E-state index contributed by atoms with van der Waals surface area (Å²) >= 11 is 0. The molecule has 0 aliphatic heterocycles. The number of anilines is 1. The minimum atomic E-state index is -0.561. The third-order valence-corrected chi connectivity index (χ3v) is 3.35. The van der Waals surface area contributed by atoms with Crippen molar-refractivity contribution in [3.8, 4) is 0 Å². The van der Waals surface area contributed by atoms with Gasteiger partial charge in [-0.3, -0.25) is 19.0 Å². The number of hydrogen-bond acceptors (Lipinski definition) is 4. The van der Waals surface area contributed by atoms with Crippen molar-refractivity contribution in [3.05, 3.63) is 45.0 Å². The van der Waals surface area contributed by atoms with Gasteiger partial charge in [-0.05, 0) is 18.9 Å². The topological polar surface area (TPSA) is 98.7 Å². The Morgan fingerprint density at radius 2 is 2.05 bits per heavy atom. The smallest absolute Gasteiger partial charge is 0.328 e. The van der Waals surface area contributed by atoms with Crippen LogP contribution in [0.4, 0.5) is 5.69 Å². The van der Waals surface area contributed by atoms with Gasteiger partial charge in [-0.25, -0.2) is 4.79 Å². The molecule has 2 rings (SSSR count). The highest BCUT2D eigenvalue weighted by atomic mass is 16.2. The first-order chi connectivity index (χ1) is 9.55. The molecule has 2 heterocycles. The quantitative estimate of drug-likeness (QED) is 0.841. The van der Waals surface area contributed by atoms with Gasteiger partial charge in [-0.15, -0.1) is 0 Å². The molecule has 0 radical (unpaired) electrons. The fourth-order valence-corrected chi connectivity index (χ4v) is 2.15. The van der Waals surface area contributed by atoms with E-state index in [-0.39, 0.29) is 12.2 Å². The summed E-state index contributed by atoms with van der Waals surface area (Å²) in [5, 5.41) is 4.46. The van der Waals surface area contributed by atoms with Crippen LogP contribution in [0, 0.1) is 0 Å². The van der Waals surface area contributed by atoms with E-state index >= 15 is 0 Å². The zero-order valence-corrected chi connectivity index (χ0v) is 11.7. The lowest BCUT2D eigenvalue weighted by molar-refractivity contribution is 0.424. The second-order valence-corrected chi connectivity index (χ2v) is 4.73. The lowest BCUT2D eigenvalue weighted by atomic mass is 10.2. The van der Waals surface area contributed by atoms with Crippen LogP contribution in [0.2, 0.25) is 0 Å². The van der Waals surface area contributed by atoms with E-state index in [9.17, 15) is 9.59 Å². The highest BCUT2D eigenvalue weighted by Crippen LogP contribution is 2.14. The van der Waals surface area contributed by atoms with Crippen molar-refractivity contribution in [2.45, 2.75) is 39.3 Å². The van der Waals surface area contributed by atoms with Crippen LogP contribution in [0.3, 0.4) is 0 Å². The highest BCUT2D eigenvalue weighted by Gasteiger charge is 2.09. The van der Waals surface area contributed by atoms with Gasteiger partial charge < -0.3 is 5.73 Å². The maximum Gasteiger partial charge on any atom is 0.328 e. The molecule has 7 heteroatoms. The Bertz CT molecular complexity index is 693. The summed E-state index contributed by atoms with van der Waals surface area (Å²) in [6.45, 7) is 4.51. The van der Waals surface area contributed by atoms with Gasteiger partial charge in [-0.2, -0.15) is 5.10 Å². The van der Waals surface area contributed by atoms with E-state index in [0.29, 0.717) is 6.04 Å². The molecule has 0 spiro atoms. The molecule has 0 fully saturated rings. The summed E-state index contributed by atoms with van der Waals surface area (Å²) in [5.74, 6) is 0. The van der Waals surface area contributed by atoms with Crippen molar-refractivity contribution in [1.29, 1.82) is 0 Å². The standard InChI is InChI=1S/C13H19N5O2/c1-3-10(4-2)18-6-5-9(16-18)7-17-8-11(14)12(19)15-13(17)20/h5-6,8,10H,3-4,7,14H2,1-2H3,(H,15,19,20). The van der Waals surface area contributed by atoms with Crippen molar-refractivity contribution in [2.75, 3.05) is 5.73 Å². The Morgan fingerprint density at radius 1 is 1.35 bits per heavy atom. The Kier molecular flexibility index (Phi) is 4.07. The molecule has 0 saturated carbocycles. The summed E-state index contributed by atoms with van der Waals surface area (Å²) < 4.78 is 3.26. The van der Waals surface area contributed by atoms with Crippen molar-refractivity contribution in [2.24, 2.45) is 0 Å². The van der Waals surface area contributed by atoms with Gasteiger partial charge in [0.15, 0.2) is 0 Å². The number of aromatic amines is 1. The van der Waals surface area contributed by atoms with Gasteiger partial charge in [-0.1, -0.05) is 13.8 Å². The zero-order valence-electron chi connectivity index (χ0n) is 11.7. The van der Waals surface area contributed by atoms with Gasteiger partial charge in [0.1, 0.15) is 5.69 Å². The number of rotatable bonds is 5. The first kappa shape index (κ1) is 14.1. The molecule has 2 aromatic heterocycles. The van der Waals surface area contributed by atoms with E-state index < -0.39 is 11.2 Å². The van der Waals surface area contributed by atoms with Gasteiger partial charge in [0, 0.05) is 12.4 Å². The number of nitrogens with zero attached hydrogens (tertiary/aromatic N) is 3. The molecular weight excluding hydrogens is 258 g/mol. The summed E-state index contributed by atoms with van der Waals surface area (Å²) in [6, 6.07) is 2.23. The Labute approximate surface area is 116 Å². The third kappa shape index (κ3) is 2.81. The number of aromatic nitrogens is 4. The Hall–Kier alpha value is -2.31. The number of H-pyrrole nitrogens is 1. The molecule has 7 nitrogen and oxygen atoms in total. The molecular formula is C13H19N5O2. The first-order valence-electron chi connectivity index (χ1n) is 6.68. The molecule has 0 aromatic carbocycles. The minimum Gasteiger partial charge on any atom is -0.393 e. The van der Waals surface area contributed by atoms with E-state index in [2.05, 4.69) is 23.9 Å². The lowest BCUT2D eigenvalue weighted by Crippen LogP contribution is -2.31. The Morgan fingerprint density at radius 3 is 2.70 bits per heavy atom. The molecule has 3 N–H and O–H groups in total. The molecule has 2 aromatic rings. The van der Waals surface area contributed by atoms with E-state index in [1.807, 2.05) is 16.9 Å². The highest BCUT2D eigenvalue weighted by molar-refractivity contribution is 5.30. The third-order valence-electron chi connectivity index (χ3n) is 3.35.